The quantitative estimate of drug-likeness (QED) is 0.745. The van der Waals surface area contributed by atoms with Crippen molar-refractivity contribution in [3.05, 3.63) is 12.7 Å². The third-order valence-corrected chi connectivity index (χ3v) is 5.76. The fourth-order valence-corrected chi connectivity index (χ4v) is 4.06. The van der Waals surface area contributed by atoms with Crippen molar-refractivity contribution < 1.29 is 14.7 Å². The van der Waals surface area contributed by atoms with Gasteiger partial charge in [-0.1, -0.05) is 6.08 Å². The highest BCUT2D eigenvalue weighted by molar-refractivity contribution is 7.98. The summed E-state index contributed by atoms with van der Waals surface area (Å²) in [6.45, 7) is 6.48. The molecule has 2 rings (SSSR count). The van der Waals surface area contributed by atoms with Gasteiger partial charge in [0.1, 0.15) is 6.10 Å². The molecule has 0 unspecified atom stereocenters. The predicted octanol–water partition coefficient (Wildman–Crippen LogP) is 1.52. The summed E-state index contributed by atoms with van der Waals surface area (Å²) in [5.74, 6) is 0.869. The zero-order chi connectivity index (χ0) is 16.9. The Morgan fingerprint density at radius 3 is 2.74 bits per heavy atom. The Hall–Kier alpha value is -1.01. The number of aliphatic hydroxyl groups excluding tert-OH is 1. The number of likely N-dealkylation sites (tertiary alicyclic amines) is 2. The number of aliphatic hydroxyl groups is 1. The smallest absolute Gasteiger partial charge is 0.251 e. The second kappa shape index (κ2) is 8.20. The Morgan fingerprint density at radius 1 is 1.43 bits per heavy atom. The minimum Gasteiger partial charge on any atom is -0.383 e. The van der Waals surface area contributed by atoms with Crippen molar-refractivity contribution in [1.82, 2.24) is 9.80 Å². The van der Waals surface area contributed by atoms with E-state index in [2.05, 4.69) is 6.58 Å². The summed E-state index contributed by atoms with van der Waals surface area (Å²) in [5.41, 5.74) is 0.137. The zero-order valence-electron chi connectivity index (χ0n) is 14.0. The van der Waals surface area contributed by atoms with Crippen molar-refractivity contribution in [3.63, 3.8) is 0 Å². The lowest BCUT2D eigenvalue weighted by Crippen LogP contribution is -2.53. The summed E-state index contributed by atoms with van der Waals surface area (Å²) < 4.78 is 0. The van der Waals surface area contributed by atoms with Crippen molar-refractivity contribution in [2.24, 2.45) is 5.41 Å². The van der Waals surface area contributed by atoms with Gasteiger partial charge in [0.2, 0.25) is 5.91 Å². The Bertz CT molecular complexity index is 447. The first-order valence-electron chi connectivity index (χ1n) is 8.36. The number of rotatable bonds is 6. The highest BCUT2D eigenvalue weighted by Gasteiger charge is 2.41. The molecule has 1 spiro atoms. The van der Waals surface area contributed by atoms with Gasteiger partial charge in [-0.25, -0.2) is 0 Å². The van der Waals surface area contributed by atoms with E-state index in [-0.39, 0.29) is 17.2 Å². The molecule has 1 N–H and O–H groups in total. The highest BCUT2D eigenvalue weighted by Crippen LogP contribution is 2.40. The van der Waals surface area contributed by atoms with E-state index in [1.54, 1.807) is 22.7 Å². The predicted molar refractivity (Wildman–Crippen MR) is 93.3 cm³/mol. The van der Waals surface area contributed by atoms with Crippen molar-refractivity contribution >= 4 is 23.6 Å². The Balaban J connectivity index is 1.88. The number of piperidine rings is 2. The van der Waals surface area contributed by atoms with Gasteiger partial charge < -0.3 is 14.9 Å². The van der Waals surface area contributed by atoms with Crippen LogP contribution in [0.1, 0.15) is 32.1 Å². The zero-order valence-corrected chi connectivity index (χ0v) is 14.8. The third-order valence-electron chi connectivity index (χ3n) is 5.11. The van der Waals surface area contributed by atoms with E-state index in [0.29, 0.717) is 32.5 Å². The van der Waals surface area contributed by atoms with Gasteiger partial charge in [0.25, 0.3) is 5.91 Å². The Kier molecular flexibility index (Phi) is 6.53. The third kappa shape index (κ3) is 4.51. The first-order valence-corrected chi connectivity index (χ1v) is 9.75. The molecule has 0 radical (unpaired) electrons. The van der Waals surface area contributed by atoms with Gasteiger partial charge in [-0.3, -0.25) is 9.59 Å². The Morgan fingerprint density at radius 2 is 2.13 bits per heavy atom. The summed E-state index contributed by atoms with van der Waals surface area (Å²) in [5, 5.41) is 9.98. The molecular formula is C17H28N2O3S. The molecule has 0 aromatic rings. The molecule has 5 nitrogen and oxygen atoms in total. The number of carbonyl (C=O) groups excluding carboxylic acids is 2. The van der Waals surface area contributed by atoms with Gasteiger partial charge in [-0.15, -0.1) is 6.58 Å². The van der Waals surface area contributed by atoms with Crippen LogP contribution in [0.5, 0.6) is 0 Å². The van der Waals surface area contributed by atoms with Crippen LogP contribution >= 0.6 is 11.8 Å². The molecule has 6 heteroatoms. The molecule has 0 saturated carbocycles. The van der Waals surface area contributed by atoms with E-state index in [4.69, 9.17) is 0 Å². The molecule has 2 aliphatic rings. The number of nitrogens with zero attached hydrogens (tertiary/aromatic N) is 2. The lowest BCUT2D eigenvalue weighted by molar-refractivity contribution is -0.146. The van der Waals surface area contributed by atoms with Crippen molar-refractivity contribution in [2.45, 2.75) is 38.2 Å². The van der Waals surface area contributed by atoms with Crippen LogP contribution in [0.25, 0.3) is 0 Å². The normalized spacial score (nSPS) is 22.3. The van der Waals surface area contributed by atoms with Gasteiger partial charge in [-0.2, -0.15) is 11.8 Å². The van der Waals surface area contributed by atoms with Crippen LogP contribution in [0.15, 0.2) is 12.7 Å². The molecule has 2 saturated heterocycles. The summed E-state index contributed by atoms with van der Waals surface area (Å²) >= 11 is 1.64. The monoisotopic (exact) mass is 340 g/mol. The van der Waals surface area contributed by atoms with E-state index in [1.165, 1.54) is 0 Å². The summed E-state index contributed by atoms with van der Waals surface area (Å²) in [6.07, 6.45) is 6.72. The van der Waals surface area contributed by atoms with E-state index in [9.17, 15) is 14.7 Å². The van der Waals surface area contributed by atoms with Crippen molar-refractivity contribution in [2.75, 3.05) is 38.2 Å². The van der Waals surface area contributed by atoms with Crippen LogP contribution in [0.3, 0.4) is 0 Å². The van der Waals surface area contributed by atoms with Gasteiger partial charge in [0.15, 0.2) is 0 Å². The molecule has 2 aliphatic heterocycles. The highest BCUT2D eigenvalue weighted by atomic mass is 32.2. The molecule has 23 heavy (non-hydrogen) atoms. The molecule has 130 valence electrons. The lowest BCUT2D eigenvalue weighted by atomic mass is 9.72. The number of carbonyl (C=O) groups is 2. The number of hydrogen-bond donors (Lipinski definition) is 1. The fraction of sp³-hybridized carbons (Fsp3) is 0.765. The molecular weight excluding hydrogens is 312 g/mol. The van der Waals surface area contributed by atoms with Gasteiger partial charge in [0, 0.05) is 32.6 Å². The first kappa shape index (κ1) is 18.3. The summed E-state index contributed by atoms with van der Waals surface area (Å²) in [7, 11) is 0. The minimum absolute atomic E-state index is 0.135. The van der Waals surface area contributed by atoms with Gasteiger partial charge in [-0.05, 0) is 43.1 Å². The van der Waals surface area contributed by atoms with Crippen LogP contribution in [-0.4, -0.2) is 71.0 Å². The lowest BCUT2D eigenvalue weighted by Gasteiger charge is -2.47. The number of thioether (sulfide) groups is 1. The Labute approximate surface area is 143 Å². The number of hydrogen-bond acceptors (Lipinski definition) is 4. The molecule has 2 heterocycles. The average Bonchev–Trinajstić information content (AvgIpc) is 2.56. The van der Waals surface area contributed by atoms with Gasteiger partial charge >= 0.3 is 0 Å². The van der Waals surface area contributed by atoms with E-state index >= 15 is 0 Å². The van der Waals surface area contributed by atoms with Gasteiger partial charge in [0.05, 0.1) is 0 Å². The largest absolute Gasteiger partial charge is 0.383 e. The summed E-state index contributed by atoms with van der Waals surface area (Å²) in [4.78, 5) is 27.9. The molecule has 2 fully saturated rings. The fourth-order valence-electron chi connectivity index (χ4n) is 3.60. The maximum atomic E-state index is 12.3. The maximum Gasteiger partial charge on any atom is 0.251 e. The van der Waals surface area contributed by atoms with E-state index in [1.807, 2.05) is 11.2 Å². The minimum atomic E-state index is -0.873. The molecule has 0 bridgehead atoms. The topological polar surface area (TPSA) is 60.9 Å². The molecule has 0 aromatic carbocycles. The second-order valence-electron chi connectivity index (χ2n) is 6.69. The first-order chi connectivity index (χ1) is 11.0. The van der Waals surface area contributed by atoms with Crippen LogP contribution < -0.4 is 0 Å². The van der Waals surface area contributed by atoms with E-state index in [0.717, 1.165) is 31.6 Å². The summed E-state index contributed by atoms with van der Waals surface area (Å²) in [6, 6.07) is 0. The number of amides is 2. The van der Waals surface area contributed by atoms with Crippen LogP contribution in [0.2, 0.25) is 0 Å². The maximum absolute atomic E-state index is 12.3. The molecule has 1 atom stereocenters. The SMILES string of the molecule is C=CCN1CC2(CCC1=O)CCN(C(=O)[C@H](O)CCSC)CC2. The van der Waals surface area contributed by atoms with Crippen molar-refractivity contribution in [3.8, 4) is 0 Å². The molecule has 0 aromatic heterocycles. The van der Waals surface area contributed by atoms with E-state index < -0.39 is 6.10 Å². The average molecular weight is 340 g/mol. The molecule has 0 aliphatic carbocycles. The molecule has 2 amide bonds. The van der Waals surface area contributed by atoms with Crippen molar-refractivity contribution in [1.29, 1.82) is 0 Å². The van der Waals surface area contributed by atoms with Crippen LogP contribution in [-0.2, 0) is 9.59 Å². The second-order valence-corrected chi connectivity index (χ2v) is 7.67. The van der Waals surface area contributed by atoms with Crippen LogP contribution in [0, 0.1) is 5.41 Å². The standard InChI is InChI=1S/C17H28N2O3S/c1-3-9-19-13-17(6-4-15(19)21)7-10-18(11-8-17)16(22)14(20)5-12-23-2/h3,14,20H,1,4-13H2,2H3/t14-/m1/s1. The van der Waals surface area contributed by atoms with Crippen LogP contribution in [0.4, 0.5) is 0 Å².